The van der Waals surface area contributed by atoms with Gasteiger partial charge in [-0.05, 0) is 36.4 Å². The highest BCUT2D eigenvalue weighted by Crippen LogP contribution is 2.26. The first-order valence-corrected chi connectivity index (χ1v) is 6.44. The minimum absolute atomic E-state index is 0.205. The van der Waals surface area contributed by atoms with E-state index in [2.05, 4.69) is 11.6 Å². The zero-order valence-electron chi connectivity index (χ0n) is 11.3. The summed E-state index contributed by atoms with van der Waals surface area (Å²) in [5.74, 6) is 1.75. The van der Waals surface area contributed by atoms with Crippen LogP contribution < -0.4 is 15.2 Å². The van der Waals surface area contributed by atoms with E-state index in [-0.39, 0.29) is 12.6 Å². The van der Waals surface area contributed by atoms with Crippen LogP contribution in [0.1, 0.15) is 0 Å². The van der Waals surface area contributed by atoms with Gasteiger partial charge in [-0.25, -0.2) is 0 Å². The van der Waals surface area contributed by atoms with E-state index in [0.717, 1.165) is 5.52 Å². The van der Waals surface area contributed by atoms with Gasteiger partial charge in [0, 0.05) is 0 Å². The Hall–Kier alpha value is -2.79. The minimum atomic E-state index is 0.205. The number of para-hydroxylation sites is 2. The molecule has 5 heteroatoms. The fraction of sp³-hybridized carbons (Fsp3) is 0.0625. The highest BCUT2D eigenvalue weighted by atomic mass is 16.6. The molecular formula is C16H14N2O3. The van der Waals surface area contributed by atoms with Crippen molar-refractivity contribution in [2.24, 2.45) is 5.73 Å². The van der Waals surface area contributed by atoms with E-state index in [1.54, 1.807) is 24.3 Å². The summed E-state index contributed by atoms with van der Waals surface area (Å²) in [6.45, 7) is 3.96. The van der Waals surface area contributed by atoms with Gasteiger partial charge < -0.3 is 19.6 Å². The van der Waals surface area contributed by atoms with Crippen LogP contribution in [-0.2, 0) is 0 Å². The molecule has 0 spiro atoms. The third kappa shape index (κ3) is 3.04. The van der Waals surface area contributed by atoms with E-state index in [9.17, 15) is 0 Å². The van der Waals surface area contributed by atoms with Gasteiger partial charge in [0.2, 0.25) is 0 Å². The molecule has 0 fully saturated rings. The van der Waals surface area contributed by atoms with Gasteiger partial charge in [-0.15, -0.1) is 0 Å². The molecular weight excluding hydrogens is 268 g/mol. The summed E-state index contributed by atoms with van der Waals surface area (Å²) in [5.41, 5.74) is 6.86. The third-order valence-corrected chi connectivity index (χ3v) is 2.79. The maximum Gasteiger partial charge on any atom is 0.400 e. The lowest BCUT2D eigenvalue weighted by Crippen LogP contribution is -2.07. The summed E-state index contributed by atoms with van der Waals surface area (Å²) in [7, 11) is 0. The highest BCUT2D eigenvalue weighted by Gasteiger charge is 2.07. The second-order valence-corrected chi connectivity index (χ2v) is 4.37. The van der Waals surface area contributed by atoms with Crippen LogP contribution in [0.2, 0.25) is 0 Å². The van der Waals surface area contributed by atoms with Crippen molar-refractivity contribution in [3.8, 4) is 17.6 Å². The van der Waals surface area contributed by atoms with Crippen LogP contribution in [0.4, 0.5) is 0 Å². The van der Waals surface area contributed by atoms with Gasteiger partial charge in [-0.3, -0.25) is 0 Å². The maximum atomic E-state index is 5.57. The number of nitrogens with zero attached hydrogens (tertiary/aromatic N) is 1. The topological polar surface area (TPSA) is 70.5 Å². The first-order chi connectivity index (χ1) is 10.2. The Morgan fingerprint density at radius 1 is 1.10 bits per heavy atom. The Morgan fingerprint density at radius 2 is 1.81 bits per heavy atom. The molecule has 0 aliphatic carbocycles. The molecule has 2 aromatic carbocycles. The molecule has 3 aromatic rings. The molecule has 0 bridgehead atoms. The van der Waals surface area contributed by atoms with Crippen molar-refractivity contribution in [2.75, 3.05) is 6.54 Å². The van der Waals surface area contributed by atoms with Crippen molar-refractivity contribution < 1.29 is 13.9 Å². The monoisotopic (exact) mass is 282 g/mol. The van der Waals surface area contributed by atoms with Crippen molar-refractivity contribution in [1.29, 1.82) is 0 Å². The molecule has 0 amide bonds. The fourth-order valence-corrected chi connectivity index (χ4v) is 1.78. The largest absolute Gasteiger partial charge is 0.461 e. The smallest absolute Gasteiger partial charge is 0.400 e. The molecule has 0 atom stereocenters. The number of rotatable bonds is 5. The Morgan fingerprint density at radius 3 is 2.52 bits per heavy atom. The Kier molecular flexibility index (Phi) is 3.57. The lowest BCUT2D eigenvalue weighted by molar-refractivity contribution is 0.342. The molecule has 3 rings (SSSR count). The predicted octanol–water partition coefficient (Wildman–Crippen LogP) is 3.47. The Bertz CT molecular complexity index is 730. The predicted molar refractivity (Wildman–Crippen MR) is 79.3 cm³/mol. The van der Waals surface area contributed by atoms with E-state index in [4.69, 9.17) is 19.6 Å². The number of nitrogens with two attached hydrogens (primary N) is 1. The number of hydrogen-bond donors (Lipinski definition) is 1. The lowest BCUT2D eigenvalue weighted by atomic mass is 10.3. The van der Waals surface area contributed by atoms with Crippen LogP contribution in [-0.4, -0.2) is 11.5 Å². The maximum absolute atomic E-state index is 5.57. The Labute approximate surface area is 121 Å². The van der Waals surface area contributed by atoms with Crippen LogP contribution in [0.3, 0.4) is 0 Å². The summed E-state index contributed by atoms with van der Waals surface area (Å²) in [4.78, 5) is 4.24. The van der Waals surface area contributed by atoms with Gasteiger partial charge >= 0.3 is 6.08 Å². The second kappa shape index (κ2) is 5.68. The number of hydrogen-bond acceptors (Lipinski definition) is 5. The van der Waals surface area contributed by atoms with Crippen LogP contribution in [0.15, 0.2) is 65.3 Å². The Balaban J connectivity index is 1.74. The minimum Gasteiger partial charge on any atom is -0.461 e. The first-order valence-electron chi connectivity index (χ1n) is 6.44. The van der Waals surface area contributed by atoms with Gasteiger partial charge in [0.05, 0.1) is 6.54 Å². The van der Waals surface area contributed by atoms with E-state index in [1.807, 2.05) is 24.3 Å². The van der Waals surface area contributed by atoms with Crippen LogP contribution in [0.5, 0.6) is 17.6 Å². The zero-order chi connectivity index (χ0) is 14.7. The van der Waals surface area contributed by atoms with E-state index >= 15 is 0 Å². The molecule has 0 saturated heterocycles. The molecule has 2 N–H and O–H groups in total. The van der Waals surface area contributed by atoms with Crippen molar-refractivity contribution in [3.05, 3.63) is 60.9 Å². The molecule has 0 unspecified atom stereocenters. The number of benzene rings is 2. The average Bonchev–Trinajstić information content (AvgIpc) is 2.91. The van der Waals surface area contributed by atoms with Gasteiger partial charge in [0.1, 0.15) is 22.8 Å². The summed E-state index contributed by atoms with van der Waals surface area (Å²) >= 11 is 0. The van der Waals surface area contributed by atoms with Gasteiger partial charge in [-0.1, -0.05) is 18.7 Å². The fourth-order valence-electron chi connectivity index (χ4n) is 1.78. The normalized spacial score (nSPS) is 10.5. The summed E-state index contributed by atoms with van der Waals surface area (Å²) < 4.78 is 16.5. The number of fused-ring (bicyclic) bond motifs is 1. The quantitative estimate of drug-likeness (QED) is 0.725. The molecule has 1 heterocycles. The van der Waals surface area contributed by atoms with Crippen molar-refractivity contribution in [3.63, 3.8) is 0 Å². The van der Waals surface area contributed by atoms with Gasteiger partial charge in [0.15, 0.2) is 5.58 Å². The molecule has 5 nitrogen and oxygen atoms in total. The van der Waals surface area contributed by atoms with E-state index in [0.29, 0.717) is 22.8 Å². The van der Waals surface area contributed by atoms with E-state index in [1.165, 1.54) is 0 Å². The average molecular weight is 282 g/mol. The standard InChI is InChI=1S/C16H14N2O3/c1-11(10-17)19-12-6-8-13(9-7-12)20-16-18-14-4-2-3-5-15(14)21-16/h2-9H,1,10,17H2. The first kappa shape index (κ1) is 13.2. The number of oxazole rings is 1. The van der Waals surface area contributed by atoms with Crippen molar-refractivity contribution in [2.45, 2.75) is 0 Å². The highest BCUT2D eigenvalue weighted by molar-refractivity contribution is 5.72. The molecule has 21 heavy (non-hydrogen) atoms. The summed E-state index contributed by atoms with van der Waals surface area (Å²) in [6.07, 6.45) is 0.205. The molecule has 0 saturated carbocycles. The van der Waals surface area contributed by atoms with Crippen LogP contribution in [0.25, 0.3) is 11.1 Å². The number of ether oxygens (including phenoxy) is 2. The van der Waals surface area contributed by atoms with Gasteiger partial charge in [-0.2, -0.15) is 4.98 Å². The molecule has 0 aliphatic heterocycles. The molecule has 0 aliphatic rings. The lowest BCUT2D eigenvalue weighted by Gasteiger charge is -2.07. The van der Waals surface area contributed by atoms with Crippen molar-refractivity contribution in [1.82, 2.24) is 4.98 Å². The number of aromatic nitrogens is 1. The molecule has 0 radical (unpaired) electrons. The van der Waals surface area contributed by atoms with Crippen LogP contribution in [0, 0.1) is 0 Å². The SMILES string of the molecule is C=C(CN)Oc1ccc(Oc2nc3ccccc3o2)cc1. The molecule has 106 valence electrons. The summed E-state index contributed by atoms with van der Waals surface area (Å²) in [6, 6.07) is 14.5. The second-order valence-electron chi connectivity index (χ2n) is 4.37. The van der Waals surface area contributed by atoms with Crippen molar-refractivity contribution >= 4 is 11.1 Å². The van der Waals surface area contributed by atoms with E-state index < -0.39 is 0 Å². The summed E-state index contributed by atoms with van der Waals surface area (Å²) in [5, 5.41) is 0. The zero-order valence-corrected chi connectivity index (χ0v) is 11.3. The van der Waals surface area contributed by atoms with Gasteiger partial charge in [0.25, 0.3) is 0 Å². The third-order valence-electron chi connectivity index (χ3n) is 2.79. The van der Waals surface area contributed by atoms with Crippen LogP contribution >= 0.6 is 0 Å². The molecule has 1 aromatic heterocycles.